The Morgan fingerprint density at radius 1 is 1.04 bits per heavy atom. The van der Waals surface area contributed by atoms with Crippen molar-refractivity contribution in [3.8, 4) is 11.5 Å². The van der Waals surface area contributed by atoms with Crippen LogP contribution >= 0.6 is 34.8 Å². The molecule has 0 saturated carbocycles. The van der Waals surface area contributed by atoms with Crippen LogP contribution in [-0.4, -0.2) is 39.2 Å². The summed E-state index contributed by atoms with van der Waals surface area (Å²) in [6, 6.07) is 9.12. The Labute approximate surface area is 169 Å². The Morgan fingerprint density at radius 2 is 1.73 bits per heavy atom. The first-order chi connectivity index (χ1) is 12.4. The van der Waals surface area contributed by atoms with Crippen LogP contribution < -0.4 is 14.8 Å². The highest BCUT2D eigenvalue weighted by molar-refractivity contribution is 6.36. The third-order valence-electron chi connectivity index (χ3n) is 3.78. The molecule has 0 aliphatic carbocycles. The molecule has 2 aromatic carbocycles. The summed E-state index contributed by atoms with van der Waals surface area (Å²) in [5.74, 6) is 1.05. The maximum Gasteiger partial charge on any atom is 0.180 e. The van der Waals surface area contributed by atoms with Crippen LogP contribution in [0.2, 0.25) is 15.1 Å². The lowest BCUT2D eigenvalue weighted by atomic mass is 10.2. The van der Waals surface area contributed by atoms with E-state index in [1.165, 1.54) is 0 Å². The molecule has 26 heavy (non-hydrogen) atoms. The monoisotopic (exact) mass is 416 g/mol. The largest absolute Gasteiger partial charge is 0.493 e. The van der Waals surface area contributed by atoms with Gasteiger partial charge in [-0.15, -0.1) is 0 Å². The van der Waals surface area contributed by atoms with Crippen LogP contribution in [0.15, 0.2) is 30.3 Å². The number of halogens is 3. The zero-order chi connectivity index (χ0) is 19.1. The number of hydrogen-bond acceptors (Lipinski definition) is 4. The Kier molecular flexibility index (Phi) is 8.32. The number of likely N-dealkylation sites (N-methyl/N-ethyl adjacent to an activating group) is 1. The number of benzene rings is 2. The van der Waals surface area contributed by atoms with Gasteiger partial charge in [0.2, 0.25) is 0 Å². The molecule has 0 aliphatic rings. The molecule has 0 amide bonds. The summed E-state index contributed by atoms with van der Waals surface area (Å²) in [6.45, 7) is 2.75. The van der Waals surface area contributed by atoms with Crippen molar-refractivity contribution in [1.82, 2.24) is 10.2 Å². The Bertz CT molecular complexity index is 719. The van der Waals surface area contributed by atoms with Crippen molar-refractivity contribution in [3.05, 3.63) is 56.5 Å². The highest BCUT2D eigenvalue weighted by Gasteiger charge is 2.14. The van der Waals surface area contributed by atoms with Crippen molar-refractivity contribution in [1.29, 1.82) is 0 Å². The van der Waals surface area contributed by atoms with E-state index in [1.807, 2.05) is 26.2 Å². The maximum absolute atomic E-state index is 6.42. The molecule has 0 aliphatic heterocycles. The maximum atomic E-state index is 6.42. The number of methoxy groups -OCH3 is 1. The lowest BCUT2D eigenvalue weighted by Gasteiger charge is -2.16. The molecule has 0 fully saturated rings. The summed E-state index contributed by atoms with van der Waals surface area (Å²) in [5.41, 5.74) is 1.73. The molecular weight excluding hydrogens is 395 g/mol. The second kappa shape index (κ2) is 10.2. The first-order valence-corrected chi connectivity index (χ1v) is 9.33. The van der Waals surface area contributed by atoms with Gasteiger partial charge in [0.15, 0.2) is 11.5 Å². The van der Waals surface area contributed by atoms with Gasteiger partial charge in [-0.3, -0.25) is 0 Å². The van der Waals surface area contributed by atoms with Crippen LogP contribution in [0.1, 0.15) is 11.1 Å². The van der Waals surface area contributed by atoms with Crippen LogP contribution in [0, 0.1) is 0 Å². The predicted molar refractivity (Wildman–Crippen MR) is 109 cm³/mol. The van der Waals surface area contributed by atoms with Gasteiger partial charge in [-0.25, -0.2) is 0 Å². The van der Waals surface area contributed by atoms with E-state index in [0.29, 0.717) is 38.7 Å². The summed E-state index contributed by atoms with van der Waals surface area (Å²) in [7, 11) is 5.67. The number of nitrogens with zero attached hydrogens (tertiary/aromatic N) is 1. The summed E-state index contributed by atoms with van der Waals surface area (Å²) in [5, 5.41) is 4.96. The van der Waals surface area contributed by atoms with Crippen molar-refractivity contribution in [2.24, 2.45) is 0 Å². The molecule has 0 bridgehead atoms. The van der Waals surface area contributed by atoms with Crippen molar-refractivity contribution in [2.45, 2.75) is 13.2 Å². The minimum absolute atomic E-state index is 0.203. The molecule has 0 heterocycles. The zero-order valence-electron chi connectivity index (χ0n) is 15.1. The average Bonchev–Trinajstić information content (AvgIpc) is 2.59. The van der Waals surface area contributed by atoms with E-state index in [1.54, 1.807) is 25.3 Å². The van der Waals surface area contributed by atoms with Crippen molar-refractivity contribution >= 4 is 34.8 Å². The van der Waals surface area contributed by atoms with Crippen LogP contribution in [0.25, 0.3) is 0 Å². The molecule has 0 aromatic heterocycles. The molecule has 0 radical (unpaired) electrons. The minimum atomic E-state index is 0.203. The predicted octanol–water partition coefficient (Wildman–Crippen LogP) is 4.89. The Morgan fingerprint density at radius 3 is 2.35 bits per heavy atom. The molecule has 2 rings (SSSR count). The molecule has 142 valence electrons. The van der Waals surface area contributed by atoms with Crippen LogP contribution in [0.5, 0.6) is 11.5 Å². The fourth-order valence-electron chi connectivity index (χ4n) is 2.37. The van der Waals surface area contributed by atoms with Gasteiger partial charge in [0.1, 0.15) is 6.61 Å². The lowest BCUT2D eigenvalue weighted by molar-refractivity contribution is 0.284. The lowest BCUT2D eigenvalue weighted by Crippen LogP contribution is -2.26. The van der Waals surface area contributed by atoms with Crippen molar-refractivity contribution in [2.75, 3.05) is 34.3 Å². The van der Waals surface area contributed by atoms with E-state index in [2.05, 4.69) is 10.2 Å². The fourth-order valence-corrected chi connectivity index (χ4v) is 3.16. The fraction of sp³-hybridized carbons (Fsp3) is 0.368. The molecule has 0 unspecified atom stereocenters. The molecule has 4 nitrogen and oxygen atoms in total. The van der Waals surface area contributed by atoms with Crippen LogP contribution in [0.4, 0.5) is 0 Å². The quantitative estimate of drug-likeness (QED) is 0.589. The number of hydrogen-bond donors (Lipinski definition) is 1. The molecule has 0 spiro atoms. The number of ether oxygens (including phenoxy) is 2. The van der Waals surface area contributed by atoms with Gasteiger partial charge in [-0.1, -0.05) is 40.9 Å². The minimum Gasteiger partial charge on any atom is -0.493 e. The van der Waals surface area contributed by atoms with Crippen molar-refractivity contribution in [3.63, 3.8) is 0 Å². The molecule has 7 heteroatoms. The van der Waals surface area contributed by atoms with Gasteiger partial charge in [0.25, 0.3) is 0 Å². The van der Waals surface area contributed by atoms with Gasteiger partial charge in [-0.05, 0) is 43.9 Å². The molecule has 0 atom stereocenters. The van der Waals surface area contributed by atoms with E-state index in [9.17, 15) is 0 Å². The van der Waals surface area contributed by atoms with E-state index in [0.717, 1.165) is 18.7 Å². The van der Waals surface area contributed by atoms with Gasteiger partial charge in [0.05, 0.1) is 12.1 Å². The van der Waals surface area contributed by atoms with Crippen molar-refractivity contribution < 1.29 is 9.47 Å². The van der Waals surface area contributed by atoms with Gasteiger partial charge < -0.3 is 19.7 Å². The average molecular weight is 418 g/mol. The highest BCUT2D eigenvalue weighted by atomic mass is 35.5. The second-order valence-electron chi connectivity index (χ2n) is 6.08. The third-order valence-corrected chi connectivity index (χ3v) is 4.77. The standard InChI is InChI=1S/C19H23Cl3N2O2/c1-24(2)8-7-23-11-13-9-17(22)19(18(10-13)25-3)26-12-14-15(20)5-4-6-16(14)21/h4-6,9-10,23H,7-8,11-12H2,1-3H3. The first kappa shape index (κ1) is 21.1. The molecule has 1 N–H and O–H groups in total. The van der Waals surface area contributed by atoms with E-state index in [-0.39, 0.29) is 6.61 Å². The molecule has 2 aromatic rings. The van der Waals surface area contributed by atoms with Crippen LogP contribution in [-0.2, 0) is 13.2 Å². The second-order valence-corrected chi connectivity index (χ2v) is 7.30. The molecular formula is C19H23Cl3N2O2. The highest BCUT2D eigenvalue weighted by Crippen LogP contribution is 2.37. The smallest absolute Gasteiger partial charge is 0.180 e. The van der Waals surface area contributed by atoms with Gasteiger partial charge >= 0.3 is 0 Å². The Hall–Kier alpha value is -1.17. The van der Waals surface area contributed by atoms with Gasteiger partial charge in [0, 0.05) is 35.2 Å². The first-order valence-electron chi connectivity index (χ1n) is 8.20. The normalized spacial score (nSPS) is 11.0. The summed E-state index contributed by atoms with van der Waals surface area (Å²) < 4.78 is 11.3. The molecule has 0 saturated heterocycles. The third kappa shape index (κ3) is 5.93. The summed E-state index contributed by atoms with van der Waals surface area (Å²) in [4.78, 5) is 2.12. The number of nitrogens with one attached hydrogen (secondary N) is 1. The number of rotatable bonds is 9. The Balaban J connectivity index is 2.09. The SMILES string of the molecule is COc1cc(CNCCN(C)C)cc(Cl)c1OCc1c(Cl)cccc1Cl. The summed E-state index contributed by atoms with van der Waals surface area (Å²) >= 11 is 18.8. The van der Waals surface area contributed by atoms with Crippen LogP contribution in [0.3, 0.4) is 0 Å². The van der Waals surface area contributed by atoms with E-state index < -0.39 is 0 Å². The van der Waals surface area contributed by atoms with E-state index in [4.69, 9.17) is 44.3 Å². The zero-order valence-corrected chi connectivity index (χ0v) is 17.4. The topological polar surface area (TPSA) is 33.7 Å². The summed E-state index contributed by atoms with van der Waals surface area (Å²) in [6.07, 6.45) is 0. The van der Waals surface area contributed by atoms with Gasteiger partial charge in [-0.2, -0.15) is 0 Å². The van der Waals surface area contributed by atoms with E-state index >= 15 is 0 Å².